The Morgan fingerprint density at radius 2 is 2.06 bits per heavy atom. The summed E-state index contributed by atoms with van der Waals surface area (Å²) in [4.78, 5) is 22.0. The maximum atomic E-state index is 11.3. The van der Waals surface area contributed by atoms with E-state index in [1.807, 2.05) is 0 Å². The van der Waals surface area contributed by atoms with Crippen LogP contribution < -0.4 is 5.32 Å². The van der Waals surface area contributed by atoms with E-state index in [0.717, 1.165) is 11.4 Å². The molecule has 0 aliphatic carbocycles. The molecule has 0 bridgehead atoms. The van der Waals surface area contributed by atoms with E-state index in [1.165, 1.54) is 18.3 Å². The van der Waals surface area contributed by atoms with Gasteiger partial charge < -0.3 is 5.32 Å². The maximum Gasteiger partial charge on any atom is 0.233 e. The zero-order chi connectivity index (χ0) is 12.1. The molecule has 0 radical (unpaired) electrons. The number of aromatic nitrogens is 2. The fourth-order valence-electron chi connectivity index (χ4n) is 1.13. The molecular weight excluding hydrogens is 226 g/mol. The number of carbonyl (C=O) groups excluding carboxylic acids is 2. The van der Waals surface area contributed by atoms with Crippen molar-refractivity contribution in [2.24, 2.45) is 5.92 Å². The zero-order valence-electron chi connectivity index (χ0n) is 9.61. The second-order valence-electron chi connectivity index (χ2n) is 4.03. The molecule has 0 unspecified atom stereocenters. The molecule has 1 aromatic heterocycles. The van der Waals surface area contributed by atoms with E-state index in [0.29, 0.717) is 11.0 Å². The molecule has 88 valence electrons. The van der Waals surface area contributed by atoms with Crippen molar-refractivity contribution < 1.29 is 9.59 Å². The highest BCUT2D eigenvalue weighted by Crippen LogP contribution is 2.18. The van der Waals surface area contributed by atoms with Gasteiger partial charge in [-0.3, -0.25) is 9.59 Å². The number of nitrogens with zero attached hydrogens (tertiary/aromatic N) is 2. The Morgan fingerprint density at radius 1 is 1.38 bits per heavy atom. The molecule has 1 N–H and O–H groups in total. The van der Waals surface area contributed by atoms with Crippen molar-refractivity contribution in [3.8, 4) is 0 Å². The first kappa shape index (κ1) is 12.8. The van der Waals surface area contributed by atoms with Crippen molar-refractivity contribution in [1.29, 1.82) is 0 Å². The van der Waals surface area contributed by atoms with Crippen LogP contribution in [0.25, 0.3) is 0 Å². The van der Waals surface area contributed by atoms with E-state index < -0.39 is 0 Å². The Morgan fingerprint density at radius 3 is 2.62 bits per heavy atom. The molecule has 5 nitrogen and oxygen atoms in total. The van der Waals surface area contributed by atoms with Crippen LogP contribution in [-0.2, 0) is 16.0 Å². The topological polar surface area (TPSA) is 72.0 Å². The monoisotopic (exact) mass is 241 g/mol. The third-order valence-electron chi connectivity index (χ3n) is 1.71. The van der Waals surface area contributed by atoms with Crippen LogP contribution in [0.2, 0.25) is 0 Å². The van der Waals surface area contributed by atoms with Gasteiger partial charge in [0.05, 0.1) is 6.42 Å². The standard InChI is InChI=1S/C10H15N3O2S/c1-6(2)4-9-12-13-10(16-9)11-8(15)5-7(3)14/h6H,4-5H2,1-3H3,(H,11,13,15). The van der Waals surface area contributed by atoms with Crippen molar-refractivity contribution in [3.05, 3.63) is 5.01 Å². The number of anilines is 1. The van der Waals surface area contributed by atoms with E-state index in [1.54, 1.807) is 0 Å². The van der Waals surface area contributed by atoms with E-state index in [2.05, 4.69) is 29.4 Å². The fraction of sp³-hybridized carbons (Fsp3) is 0.600. The molecule has 0 atom stereocenters. The molecule has 1 amide bonds. The first-order chi connectivity index (χ1) is 7.47. The zero-order valence-corrected chi connectivity index (χ0v) is 10.4. The van der Waals surface area contributed by atoms with Crippen molar-refractivity contribution in [3.63, 3.8) is 0 Å². The number of hydrogen-bond donors (Lipinski definition) is 1. The maximum absolute atomic E-state index is 11.3. The Balaban J connectivity index is 2.51. The summed E-state index contributed by atoms with van der Waals surface area (Å²) >= 11 is 1.35. The molecule has 16 heavy (non-hydrogen) atoms. The average Bonchev–Trinajstić information content (AvgIpc) is 2.49. The van der Waals surface area contributed by atoms with Crippen molar-refractivity contribution in [1.82, 2.24) is 10.2 Å². The normalized spacial score (nSPS) is 10.5. The summed E-state index contributed by atoms with van der Waals surface area (Å²) in [6.07, 6.45) is 0.735. The van der Waals surface area contributed by atoms with Gasteiger partial charge in [-0.1, -0.05) is 25.2 Å². The number of ketones is 1. The number of carbonyl (C=O) groups is 2. The first-order valence-electron chi connectivity index (χ1n) is 5.09. The van der Waals surface area contributed by atoms with Gasteiger partial charge in [-0.05, 0) is 12.8 Å². The Hall–Kier alpha value is -1.30. The minimum atomic E-state index is -0.334. The highest BCUT2D eigenvalue weighted by atomic mass is 32.1. The number of amides is 1. The summed E-state index contributed by atoms with van der Waals surface area (Å²) in [6.45, 7) is 5.56. The highest BCUT2D eigenvalue weighted by Gasteiger charge is 2.10. The molecule has 0 aliphatic heterocycles. The minimum Gasteiger partial charge on any atom is -0.300 e. The summed E-state index contributed by atoms with van der Waals surface area (Å²) in [5.74, 6) is 0.0119. The van der Waals surface area contributed by atoms with E-state index in [9.17, 15) is 9.59 Å². The molecule has 1 aromatic rings. The van der Waals surface area contributed by atoms with Crippen molar-refractivity contribution in [2.75, 3.05) is 5.32 Å². The van der Waals surface area contributed by atoms with Gasteiger partial charge in [0.2, 0.25) is 11.0 Å². The number of rotatable bonds is 5. The van der Waals surface area contributed by atoms with Gasteiger partial charge in [0.1, 0.15) is 10.8 Å². The van der Waals surface area contributed by atoms with Crippen LogP contribution in [0, 0.1) is 5.92 Å². The van der Waals surface area contributed by atoms with Crippen LogP contribution in [-0.4, -0.2) is 21.9 Å². The molecule has 0 saturated carbocycles. The third kappa shape index (κ3) is 4.48. The molecule has 0 aromatic carbocycles. The minimum absolute atomic E-state index is 0.112. The summed E-state index contributed by atoms with van der Waals surface area (Å²) in [5, 5.41) is 11.7. The lowest BCUT2D eigenvalue weighted by Crippen LogP contribution is -2.14. The average molecular weight is 241 g/mol. The molecule has 1 heterocycles. The van der Waals surface area contributed by atoms with Crippen LogP contribution in [0.15, 0.2) is 0 Å². The Bertz CT molecular complexity index is 387. The molecule has 0 spiro atoms. The van der Waals surface area contributed by atoms with Gasteiger partial charge in [-0.2, -0.15) is 0 Å². The number of Topliss-reactive ketones (excluding diaryl/α,β-unsaturated/α-hetero) is 1. The van der Waals surface area contributed by atoms with Gasteiger partial charge in [0.25, 0.3) is 0 Å². The lowest BCUT2D eigenvalue weighted by molar-refractivity contribution is -0.124. The predicted octanol–water partition coefficient (Wildman–Crippen LogP) is 1.65. The summed E-state index contributed by atoms with van der Waals surface area (Å²) in [7, 11) is 0. The highest BCUT2D eigenvalue weighted by molar-refractivity contribution is 7.15. The molecule has 0 saturated heterocycles. The van der Waals surface area contributed by atoms with E-state index in [4.69, 9.17) is 0 Å². The SMILES string of the molecule is CC(=O)CC(=O)Nc1nnc(CC(C)C)s1. The molecule has 1 rings (SSSR count). The lowest BCUT2D eigenvalue weighted by atomic mass is 10.1. The number of hydrogen-bond acceptors (Lipinski definition) is 5. The second kappa shape index (κ2) is 5.69. The number of nitrogens with one attached hydrogen (secondary N) is 1. The molecule has 6 heteroatoms. The first-order valence-corrected chi connectivity index (χ1v) is 5.90. The van der Waals surface area contributed by atoms with Crippen LogP contribution in [0.3, 0.4) is 0 Å². The molecular formula is C10H15N3O2S. The van der Waals surface area contributed by atoms with Crippen LogP contribution in [0.5, 0.6) is 0 Å². The lowest BCUT2D eigenvalue weighted by Gasteiger charge is -1.98. The van der Waals surface area contributed by atoms with E-state index in [-0.39, 0.29) is 18.1 Å². The van der Waals surface area contributed by atoms with Crippen LogP contribution in [0.4, 0.5) is 5.13 Å². The Labute approximate surface area is 98.3 Å². The summed E-state index contributed by atoms with van der Waals surface area (Å²) in [6, 6.07) is 0. The quantitative estimate of drug-likeness (QED) is 0.796. The predicted molar refractivity (Wildman–Crippen MR) is 62.4 cm³/mol. The van der Waals surface area contributed by atoms with Crippen molar-refractivity contribution in [2.45, 2.75) is 33.6 Å². The van der Waals surface area contributed by atoms with Gasteiger partial charge >= 0.3 is 0 Å². The van der Waals surface area contributed by atoms with Crippen LogP contribution >= 0.6 is 11.3 Å². The van der Waals surface area contributed by atoms with Gasteiger partial charge in [0.15, 0.2) is 0 Å². The third-order valence-corrected chi connectivity index (χ3v) is 2.57. The smallest absolute Gasteiger partial charge is 0.233 e. The largest absolute Gasteiger partial charge is 0.300 e. The van der Waals surface area contributed by atoms with Crippen molar-refractivity contribution >= 4 is 28.2 Å². The summed E-state index contributed by atoms with van der Waals surface area (Å²) in [5.41, 5.74) is 0. The molecule has 0 fully saturated rings. The van der Waals surface area contributed by atoms with Crippen LogP contribution in [0.1, 0.15) is 32.2 Å². The van der Waals surface area contributed by atoms with Gasteiger partial charge in [0, 0.05) is 6.42 Å². The van der Waals surface area contributed by atoms with Gasteiger partial charge in [-0.25, -0.2) is 0 Å². The summed E-state index contributed by atoms with van der Waals surface area (Å²) < 4.78 is 0. The van der Waals surface area contributed by atoms with E-state index >= 15 is 0 Å². The molecule has 0 aliphatic rings. The second-order valence-corrected chi connectivity index (χ2v) is 5.09. The Kier molecular flexibility index (Phi) is 4.54. The van der Waals surface area contributed by atoms with Gasteiger partial charge in [-0.15, -0.1) is 10.2 Å². The fourth-order valence-corrected chi connectivity index (χ4v) is 2.09.